The Morgan fingerprint density at radius 2 is 2.09 bits per heavy atom. The molecule has 0 aliphatic carbocycles. The van der Waals surface area contributed by atoms with Crippen LogP contribution >= 0.6 is 0 Å². The monoisotopic (exact) mass is 316 g/mol. The zero-order valence-corrected chi connectivity index (χ0v) is 12.5. The van der Waals surface area contributed by atoms with E-state index in [1.54, 1.807) is 29.2 Å². The van der Waals surface area contributed by atoms with Crippen molar-refractivity contribution in [2.24, 2.45) is 0 Å². The van der Waals surface area contributed by atoms with E-state index in [0.717, 1.165) is 5.69 Å². The summed E-state index contributed by atoms with van der Waals surface area (Å²) >= 11 is 0. The van der Waals surface area contributed by atoms with Crippen LogP contribution in [0.3, 0.4) is 0 Å². The van der Waals surface area contributed by atoms with Crippen LogP contribution in [-0.4, -0.2) is 63.3 Å². The van der Waals surface area contributed by atoms with Gasteiger partial charge in [-0.1, -0.05) is 0 Å². The number of rotatable bonds is 3. The van der Waals surface area contributed by atoms with Crippen molar-refractivity contribution in [3.8, 4) is 5.69 Å². The van der Waals surface area contributed by atoms with E-state index in [1.807, 2.05) is 0 Å². The molecule has 1 aliphatic rings. The van der Waals surface area contributed by atoms with Gasteiger partial charge in [0.15, 0.2) is 0 Å². The summed E-state index contributed by atoms with van der Waals surface area (Å²) in [6.45, 7) is 1.04. The van der Waals surface area contributed by atoms with E-state index in [2.05, 4.69) is 25.6 Å². The zero-order chi connectivity index (χ0) is 16.2. The molecule has 3 rings (SSSR count). The minimum absolute atomic E-state index is 0.0687. The van der Waals surface area contributed by atoms with Gasteiger partial charge in [0.05, 0.1) is 12.8 Å². The summed E-state index contributed by atoms with van der Waals surface area (Å²) in [5.41, 5.74) is 1.31. The smallest absolute Gasteiger partial charge is 0.409 e. The Hall–Kier alpha value is -2.97. The Morgan fingerprint density at radius 1 is 1.30 bits per heavy atom. The highest BCUT2D eigenvalue weighted by molar-refractivity contribution is 5.94. The number of nitrogens with zero attached hydrogens (tertiary/aromatic N) is 5. The number of tetrazole rings is 1. The van der Waals surface area contributed by atoms with Crippen LogP contribution in [0.5, 0.6) is 0 Å². The van der Waals surface area contributed by atoms with Crippen molar-refractivity contribution in [1.82, 2.24) is 30.4 Å². The number of carbonyl (C=O) groups excluding carboxylic acids is 2. The van der Waals surface area contributed by atoms with Crippen LogP contribution < -0.4 is 5.32 Å². The van der Waals surface area contributed by atoms with E-state index in [0.29, 0.717) is 25.1 Å². The highest BCUT2D eigenvalue weighted by Gasteiger charge is 2.27. The zero-order valence-electron chi connectivity index (χ0n) is 12.5. The first kappa shape index (κ1) is 14.9. The molecule has 1 aromatic carbocycles. The van der Waals surface area contributed by atoms with Gasteiger partial charge in [-0.2, -0.15) is 0 Å². The molecule has 0 bridgehead atoms. The van der Waals surface area contributed by atoms with E-state index in [-0.39, 0.29) is 18.0 Å². The SMILES string of the molecule is COC(=O)N1CC[C@@H](NC(=O)c2ccc(-n3cnnn3)cc2)C1. The van der Waals surface area contributed by atoms with E-state index >= 15 is 0 Å². The molecule has 2 heterocycles. The van der Waals surface area contributed by atoms with Gasteiger partial charge >= 0.3 is 6.09 Å². The summed E-state index contributed by atoms with van der Waals surface area (Å²) in [6, 6.07) is 6.88. The molecule has 2 aromatic rings. The van der Waals surface area contributed by atoms with Gasteiger partial charge in [-0.25, -0.2) is 9.48 Å². The third kappa shape index (κ3) is 3.28. The van der Waals surface area contributed by atoms with Crippen LogP contribution in [0.4, 0.5) is 4.79 Å². The lowest BCUT2D eigenvalue weighted by atomic mass is 10.1. The van der Waals surface area contributed by atoms with E-state index < -0.39 is 0 Å². The number of benzene rings is 1. The van der Waals surface area contributed by atoms with Gasteiger partial charge < -0.3 is 15.0 Å². The van der Waals surface area contributed by atoms with Crippen molar-refractivity contribution in [3.05, 3.63) is 36.2 Å². The molecule has 0 unspecified atom stereocenters. The Labute approximate surface area is 132 Å². The molecule has 120 valence electrons. The number of hydrogen-bond donors (Lipinski definition) is 1. The Kier molecular flexibility index (Phi) is 4.18. The van der Waals surface area contributed by atoms with Crippen LogP contribution in [0.2, 0.25) is 0 Å². The molecule has 0 saturated carbocycles. The molecular formula is C14H16N6O3. The normalized spacial score (nSPS) is 17.1. The number of hydrogen-bond acceptors (Lipinski definition) is 6. The summed E-state index contributed by atoms with van der Waals surface area (Å²) in [4.78, 5) is 25.3. The van der Waals surface area contributed by atoms with Crippen molar-refractivity contribution in [1.29, 1.82) is 0 Å². The van der Waals surface area contributed by atoms with E-state index in [1.165, 1.54) is 18.1 Å². The third-order valence-corrected chi connectivity index (χ3v) is 3.70. The van der Waals surface area contributed by atoms with Crippen LogP contribution in [0.1, 0.15) is 16.8 Å². The average molecular weight is 316 g/mol. The van der Waals surface area contributed by atoms with Gasteiger partial charge in [-0.05, 0) is 41.1 Å². The maximum atomic E-state index is 12.3. The quantitative estimate of drug-likeness (QED) is 0.870. The molecular weight excluding hydrogens is 300 g/mol. The fourth-order valence-electron chi connectivity index (χ4n) is 2.49. The number of ether oxygens (including phenoxy) is 1. The minimum atomic E-state index is -0.368. The number of aromatic nitrogens is 4. The summed E-state index contributed by atoms with van der Waals surface area (Å²) < 4.78 is 6.18. The average Bonchev–Trinajstić information content (AvgIpc) is 3.26. The Bertz CT molecular complexity index is 685. The molecule has 0 spiro atoms. The van der Waals surface area contributed by atoms with Crippen LogP contribution in [0.15, 0.2) is 30.6 Å². The molecule has 1 saturated heterocycles. The second-order valence-electron chi connectivity index (χ2n) is 5.18. The van der Waals surface area contributed by atoms with Crippen LogP contribution in [0.25, 0.3) is 5.69 Å². The minimum Gasteiger partial charge on any atom is -0.453 e. The van der Waals surface area contributed by atoms with Gasteiger partial charge in [-0.3, -0.25) is 4.79 Å². The highest BCUT2D eigenvalue weighted by atomic mass is 16.5. The van der Waals surface area contributed by atoms with Crippen LogP contribution in [-0.2, 0) is 4.74 Å². The molecule has 2 amide bonds. The predicted octanol–water partition coefficient (Wildman–Crippen LogP) is 0.233. The number of amides is 2. The highest BCUT2D eigenvalue weighted by Crippen LogP contribution is 2.12. The maximum Gasteiger partial charge on any atom is 0.409 e. The lowest BCUT2D eigenvalue weighted by Gasteiger charge is -2.15. The fraction of sp³-hybridized carbons (Fsp3) is 0.357. The number of nitrogens with one attached hydrogen (secondary N) is 1. The molecule has 1 atom stereocenters. The number of methoxy groups -OCH3 is 1. The molecule has 0 radical (unpaired) electrons. The van der Waals surface area contributed by atoms with Gasteiger partial charge in [0.1, 0.15) is 6.33 Å². The number of likely N-dealkylation sites (tertiary alicyclic amines) is 1. The first-order valence-corrected chi connectivity index (χ1v) is 7.14. The lowest BCUT2D eigenvalue weighted by Crippen LogP contribution is -2.38. The lowest BCUT2D eigenvalue weighted by molar-refractivity contribution is 0.0934. The second kappa shape index (κ2) is 6.42. The largest absolute Gasteiger partial charge is 0.453 e. The van der Waals surface area contributed by atoms with Gasteiger partial charge in [0.2, 0.25) is 0 Å². The predicted molar refractivity (Wildman–Crippen MR) is 79.0 cm³/mol. The molecule has 1 N–H and O–H groups in total. The molecule has 1 aliphatic heterocycles. The van der Waals surface area contributed by atoms with Crippen molar-refractivity contribution in [2.75, 3.05) is 20.2 Å². The van der Waals surface area contributed by atoms with Gasteiger partial charge in [0, 0.05) is 24.7 Å². The molecule has 23 heavy (non-hydrogen) atoms. The summed E-state index contributed by atoms with van der Waals surface area (Å²) in [6.07, 6.45) is 1.82. The van der Waals surface area contributed by atoms with E-state index in [4.69, 9.17) is 0 Å². The Balaban J connectivity index is 1.60. The first-order valence-electron chi connectivity index (χ1n) is 7.14. The molecule has 9 heteroatoms. The topological polar surface area (TPSA) is 102 Å². The summed E-state index contributed by atoms with van der Waals surface area (Å²) in [7, 11) is 1.35. The van der Waals surface area contributed by atoms with Crippen molar-refractivity contribution in [2.45, 2.75) is 12.5 Å². The summed E-state index contributed by atoms with van der Waals surface area (Å²) in [5, 5.41) is 13.8. The molecule has 1 fully saturated rings. The van der Waals surface area contributed by atoms with Crippen molar-refractivity contribution >= 4 is 12.0 Å². The van der Waals surface area contributed by atoms with E-state index in [9.17, 15) is 9.59 Å². The van der Waals surface area contributed by atoms with Gasteiger partial charge in [-0.15, -0.1) is 5.10 Å². The standard InChI is InChI=1S/C14H16N6O3/c1-23-14(22)19-7-6-11(8-19)16-13(21)10-2-4-12(5-3-10)20-9-15-17-18-20/h2-5,9,11H,6-8H2,1H3,(H,16,21)/t11-/m1/s1. The number of carbonyl (C=O) groups is 2. The third-order valence-electron chi connectivity index (χ3n) is 3.70. The maximum absolute atomic E-state index is 12.3. The fourth-order valence-corrected chi connectivity index (χ4v) is 2.49. The molecule has 9 nitrogen and oxygen atoms in total. The molecule has 1 aromatic heterocycles. The summed E-state index contributed by atoms with van der Waals surface area (Å²) in [5.74, 6) is -0.176. The second-order valence-corrected chi connectivity index (χ2v) is 5.18. The van der Waals surface area contributed by atoms with Crippen molar-refractivity contribution in [3.63, 3.8) is 0 Å². The Morgan fingerprint density at radius 3 is 2.74 bits per heavy atom. The van der Waals surface area contributed by atoms with Crippen LogP contribution in [0, 0.1) is 0 Å². The van der Waals surface area contributed by atoms with Gasteiger partial charge in [0.25, 0.3) is 5.91 Å². The first-order chi connectivity index (χ1) is 11.2. The van der Waals surface area contributed by atoms with Crippen molar-refractivity contribution < 1.29 is 14.3 Å².